The van der Waals surface area contributed by atoms with Gasteiger partial charge in [0.15, 0.2) is 0 Å². The molecule has 0 spiro atoms. The topological polar surface area (TPSA) is 22.1 Å². The number of nitrogens with zero attached hydrogens (tertiary/aromatic N) is 1. The van der Waals surface area contributed by atoms with E-state index < -0.39 is 11.6 Å². The van der Waals surface area contributed by atoms with Crippen molar-refractivity contribution in [3.05, 3.63) is 59.4 Å². The van der Waals surface area contributed by atoms with Gasteiger partial charge in [-0.3, -0.25) is 4.98 Å². The van der Waals surface area contributed by atoms with Gasteiger partial charge in [0, 0.05) is 12.3 Å². The fraction of sp³-hybridized carbons (Fsp3) is 0.560. The molecule has 2 nitrogen and oxygen atoms in total. The van der Waals surface area contributed by atoms with Gasteiger partial charge < -0.3 is 4.74 Å². The zero-order valence-corrected chi connectivity index (χ0v) is 20.4. The highest BCUT2D eigenvalue weighted by atomic mass is 19.1. The van der Waals surface area contributed by atoms with Crippen LogP contribution in [0.15, 0.2) is 36.5 Å². The van der Waals surface area contributed by atoms with Gasteiger partial charge in [0.1, 0.15) is 17.4 Å². The first-order valence-electron chi connectivity index (χ1n) is 10.8. The molecule has 0 saturated carbocycles. The zero-order valence-electron chi connectivity index (χ0n) is 20.4. The Bertz CT molecular complexity index is 616. The van der Waals surface area contributed by atoms with Crippen LogP contribution in [0.4, 0.5) is 8.78 Å². The molecule has 1 unspecified atom stereocenters. The van der Waals surface area contributed by atoms with E-state index in [1.165, 1.54) is 12.1 Å². The van der Waals surface area contributed by atoms with E-state index in [2.05, 4.69) is 18.8 Å². The quantitative estimate of drug-likeness (QED) is 0.501. The third kappa shape index (κ3) is 13.0. The van der Waals surface area contributed by atoms with Gasteiger partial charge in [0.25, 0.3) is 0 Å². The Morgan fingerprint density at radius 1 is 0.931 bits per heavy atom. The van der Waals surface area contributed by atoms with Gasteiger partial charge in [-0.2, -0.15) is 0 Å². The van der Waals surface area contributed by atoms with Gasteiger partial charge >= 0.3 is 0 Å². The summed E-state index contributed by atoms with van der Waals surface area (Å²) in [4.78, 5) is 4.22. The van der Waals surface area contributed by atoms with Crippen molar-refractivity contribution in [1.82, 2.24) is 4.98 Å². The van der Waals surface area contributed by atoms with E-state index in [1.54, 1.807) is 13.3 Å². The van der Waals surface area contributed by atoms with Gasteiger partial charge in [-0.05, 0) is 42.0 Å². The standard InChI is InChI=1S/C10H12F2.C9H13NO.3C2H6/c1-3-7(2)9-5-4-8(11)6-10(9)12;1-7(2)9-8(11-3)5-4-6-10-9;3*1-2/h4-7H,3H2,1-2H3;4-7H,1-3H3;3*1-2H3. The summed E-state index contributed by atoms with van der Waals surface area (Å²) < 4.78 is 30.7. The smallest absolute Gasteiger partial charge is 0.140 e. The van der Waals surface area contributed by atoms with Gasteiger partial charge in [0.05, 0.1) is 12.8 Å². The van der Waals surface area contributed by atoms with Crippen molar-refractivity contribution in [3.63, 3.8) is 0 Å². The van der Waals surface area contributed by atoms with Crippen LogP contribution in [0.5, 0.6) is 5.75 Å². The number of hydrogen-bond donors (Lipinski definition) is 0. The van der Waals surface area contributed by atoms with Crippen molar-refractivity contribution < 1.29 is 13.5 Å². The van der Waals surface area contributed by atoms with Crippen molar-refractivity contribution in [3.8, 4) is 5.75 Å². The largest absolute Gasteiger partial charge is 0.495 e. The molecule has 0 aliphatic heterocycles. The van der Waals surface area contributed by atoms with Crippen LogP contribution in [0.1, 0.15) is 98.8 Å². The monoisotopic (exact) mass is 411 g/mol. The van der Waals surface area contributed by atoms with Crippen LogP contribution in [0.2, 0.25) is 0 Å². The second-order valence-corrected chi connectivity index (χ2v) is 5.72. The SMILES string of the molecule is CC.CC.CC.CCC(C)c1ccc(F)cc1F.COc1cccnc1C(C)C. The Morgan fingerprint density at radius 3 is 1.86 bits per heavy atom. The summed E-state index contributed by atoms with van der Waals surface area (Å²) in [5.74, 6) is 0.503. The lowest BCUT2D eigenvalue weighted by Crippen LogP contribution is -1.96. The first kappa shape index (κ1) is 31.7. The van der Waals surface area contributed by atoms with E-state index in [0.717, 1.165) is 23.9 Å². The maximum absolute atomic E-state index is 13.0. The number of aromatic nitrogens is 1. The second-order valence-electron chi connectivity index (χ2n) is 5.72. The minimum Gasteiger partial charge on any atom is -0.495 e. The molecule has 0 aliphatic carbocycles. The van der Waals surface area contributed by atoms with Crippen molar-refractivity contribution in [2.75, 3.05) is 7.11 Å². The van der Waals surface area contributed by atoms with Crippen LogP contribution in [0.3, 0.4) is 0 Å². The molecule has 0 bridgehead atoms. The van der Waals surface area contributed by atoms with Crippen molar-refractivity contribution >= 4 is 0 Å². The molecule has 4 heteroatoms. The summed E-state index contributed by atoms with van der Waals surface area (Å²) in [7, 11) is 1.67. The highest BCUT2D eigenvalue weighted by Gasteiger charge is 2.09. The summed E-state index contributed by atoms with van der Waals surface area (Å²) >= 11 is 0. The average Bonchev–Trinajstić information content (AvgIpc) is 2.77. The third-order valence-electron chi connectivity index (χ3n) is 3.67. The maximum atomic E-state index is 13.0. The molecule has 0 fully saturated rings. The summed E-state index contributed by atoms with van der Waals surface area (Å²) in [6.45, 7) is 20.1. The molecule has 0 N–H and O–H groups in total. The van der Waals surface area contributed by atoms with Gasteiger partial charge in [-0.25, -0.2) is 8.78 Å². The molecule has 2 rings (SSSR count). The second kappa shape index (κ2) is 20.8. The Hall–Kier alpha value is -1.97. The Labute approximate surface area is 178 Å². The summed E-state index contributed by atoms with van der Waals surface area (Å²) in [5.41, 5.74) is 1.62. The zero-order chi connectivity index (χ0) is 23.4. The van der Waals surface area contributed by atoms with Gasteiger partial charge in [0.2, 0.25) is 0 Å². The molecule has 168 valence electrons. The fourth-order valence-electron chi connectivity index (χ4n) is 2.13. The van der Waals surface area contributed by atoms with E-state index in [-0.39, 0.29) is 5.92 Å². The molecular formula is C25H43F2NO. The van der Waals surface area contributed by atoms with Gasteiger partial charge in [-0.15, -0.1) is 0 Å². The van der Waals surface area contributed by atoms with E-state index in [9.17, 15) is 8.78 Å². The molecule has 1 atom stereocenters. The highest BCUT2D eigenvalue weighted by Crippen LogP contribution is 2.23. The first-order valence-corrected chi connectivity index (χ1v) is 10.8. The third-order valence-corrected chi connectivity index (χ3v) is 3.67. The van der Waals surface area contributed by atoms with Crippen LogP contribution in [0.25, 0.3) is 0 Å². The van der Waals surface area contributed by atoms with Crippen LogP contribution in [-0.4, -0.2) is 12.1 Å². The summed E-state index contributed by atoms with van der Waals surface area (Å²) in [6, 6.07) is 7.55. The fourth-order valence-corrected chi connectivity index (χ4v) is 2.13. The predicted molar refractivity (Wildman–Crippen MR) is 124 cm³/mol. The van der Waals surface area contributed by atoms with Gasteiger partial charge in [-0.1, -0.05) is 75.3 Å². The van der Waals surface area contributed by atoms with Crippen molar-refractivity contribution in [2.45, 2.75) is 87.5 Å². The van der Waals surface area contributed by atoms with E-state index in [4.69, 9.17) is 4.74 Å². The number of benzene rings is 1. The number of hydrogen-bond acceptors (Lipinski definition) is 2. The molecule has 1 aromatic heterocycles. The normalized spacial score (nSPS) is 9.86. The lowest BCUT2D eigenvalue weighted by molar-refractivity contribution is 0.404. The number of pyridine rings is 1. The minimum absolute atomic E-state index is 0.158. The molecule has 1 aromatic carbocycles. The highest BCUT2D eigenvalue weighted by molar-refractivity contribution is 5.28. The Morgan fingerprint density at radius 2 is 1.48 bits per heavy atom. The molecule has 1 heterocycles. The Kier molecular flexibility index (Phi) is 22.7. The number of halogens is 2. The van der Waals surface area contributed by atoms with Crippen LogP contribution in [-0.2, 0) is 0 Å². The average molecular weight is 412 g/mol. The lowest BCUT2D eigenvalue weighted by Gasteiger charge is -2.09. The molecule has 29 heavy (non-hydrogen) atoms. The molecule has 0 aliphatic rings. The maximum Gasteiger partial charge on any atom is 0.140 e. The number of methoxy groups -OCH3 is 1. The van der Waals surface area contributed by atoms with Crippen molar-refractivity contribution in [2.24, 2.45) is 0 Å². The number of rotatable bonds is 4. The molecular weight excluding hydrogens is 368 g/mol. The first-order chi connectivity index (χ1) is 13.9. The molecule has 0 radical (unpaired) electrons. The van der Waals surface area contributed by atoms with Crippen LogP contribution >= 0.6 is 0 Å². The van der Waals surface area contributed by atoms with E-state index in [1.807, 2.05) is 67.5 Å². The lowest BCUT2D eigenvalue weighted by atomic mass is 9.98. The van der Waals surface area contributed by atoms with Crippen molar-refractivity contribution in [1.29, 1.82) is 0 Å². The molecule has 2 aromatic rings. The van der Waals surface area contributed by atoms with E-state index in [0.29, 0.717) is 11.5 Å². The minimum atomic E-state index is -0.514. The van der Waals surface area contributed by atoms with E-state index >= 15 is 0 Å². The molecule has 0 amide bonds. The van der Waals surface area contributed by atoms with Crippen LogP contribution in [0, 0.1) is 11.6 Å². The van der Waals surface area contributed by atoms with Crippen LogP contribution < -0.4 is 4.74 Å². The molecule has 0 saturated heterocycles. The number of ether oxygens (including phenoxy) is 1. The predicted octanol–water partition coefficient (Wildman–Crippen LogP) is 8.77. The summed E-state index contributed by atoms with van der Waals surface area (Å²) in [5, 5.41) is 0. The summed E-state index contributed by atoms with van der Waals surface area (Å²) in [6.07, 6.45) is 2.65. The Balaban J connectivity index is -0.000000371.